The number of allylic oxidation sites excluding steroid dienone is 1. The van der Waals surface area contributed by atoms with Crippen LogP contribution in [0.5, 0.6) is 0 Å². The molecule has 0 nitrogen and oxygen atoms in total. The normalized spacial score (nSPS) is 20.0. The molecule has 0 radical (unpaired) electrons. The van der Waals surface area contributed by atoms with Gasteiger partial charge in [0.15, 0.2) is 11.6 Å². The van der Waals surface area contributed by atoms with Gasteiger partial charge in [-0.15, -0.1) is 6.58 Å². The maximum Gasteiger partial charge on any atom is 0.159 e. The second-order valence-corrected chi connectivity index (χ2v) is 7.38. The third kappa shape index (κ3) is 3.39. The number of hydrogen-bond acceptors (Lipinski definition) is 0. The standard InChI is InChI=1S/C24H21F3/c1-2-15-3-5-16(6-4-15)17-7-10-20-18(13-17)8-11-21(24(20)27)19-9-12-22(25)23(26)14-19/h2,7-16H,1,3-6H2. The number of halogens is 3. The van der Waals surface area contributed by atoms with Crippen LogP contribution in [0, 0.1) is 23.4 Å². The van der Waals surface area contributed by atoms with Crippen molar-refractivity contribution in [2.75, 3.05) is 0 Å². The molecule has 138 valence electrons. The fourth-order valence-electron chi connectivity index (χ4n) is 4.14. The van der Waals surface area contributed by atoms with Gasteiger partial charge < -0.3 is 0 Å². The number of hydrogen-bond donors (Lipinski definition) is 0. The summed E-state index contributed by atoms with van der Waals surface area (Å²) in [5.41, 5.74) is 1.85. The first-order chi connectivity index (χ1) is 13.1. The third-order valence-electron chi connectivity index (χ3n) is 5.79. The van der Waals surface area contributed by atoms with Crippen molar-refractivity contribution < 1.29 is 13.2 Å². The molecule has 0 amide bonds. The molecule has 0 aromatic heterocycles. The van der Waals surface area contributed by atoms with Gasteiger partial charge in [-0.2, -0.15) is 0 Å². The van der Waals surface area contributed by atoms with Gasteiger partial charge in [-0.05, 0) is 66.2 Å². The summed E-state index contributed by atoms with van der Waals surface area (Å²) in [4.78, 5) is 0. The lowest BCUT2D eigenvalue weighted by molar-refractivity contribution is 0.376. The van der Waals surface area contributed by atoms with Crippen molar-refractivity contribution in [3.8, 4) is 11.1 Å². The Morgan fingerprint density at radius 1 is 0.815 bits per heavy atom. The summed E-state index contributed by atoms with van der Waals surface area (Å²) in [5.74, 6) is -1.20. The molecule has 1 aliphatic carbocycles. The Bertz CT molecular complexity index is 998. The minimum Gasteiger partial charge on any atom is -0.206 e. The smallest absolute Gasteiger partial charge is 0.159 e. The van der Waals surface area contributed by atoms with Crippen LogP contribution in [0.25, 0.3) is 21.9 Å². The van der Waals surface area contributed by atoms with Crippen molar-refractivity contribution in [3.05, 3.63) is 84.2 Å². The highest BCUT2D eigenvalue weighted by Crippen LogP contribution is 2.38. The van der Waals surface area contributed by atoms with Gasteiger partial charge in [0, 0.05) is 10.9 Å². The Morgan fingerprint density at radius 3 is 2.30 bits per heavy atom. The molecule has 1 saturated carbocycles. The second-order valence-electron chi connectivity index (χ2n) is 7.38. The molecule has 3 heteroatoms. The Kier molecular flexibility index (Phi) is 4.77. The quantitative estimate of drug-likeness (QED) is 0.424. The van der Waals surface area contributed by atoms with Gasteiger partial charge in [0.25, 0.3) is 0 Å². The highest BCUT2D eigenvalue weighted by Gasteiger charge is 2.21. The zero-order valence-corrected chi connectivity index (χ0v) is 15.0. The van der Waals surface area contributed by atoms with Crippen LogP contribution in [0.1, 0.15) is 37.2 Å². The van der Waals surface area contributed by atoms with E-state index in [0.717, 1.165) is 43.2 Å². The van der Waals surface area contributed by atoms with E-state index in [1.165, 1.54) is 11.6 Å². The van der Waals surface area contributed by atoms with Gasteiger partial charge in [0.05, 0.1) is 0 Å². The van der Waals surface area contributed by atoms with Gasteiger partial charge in [-0.1, -0.05) is 42.5 Å². The lowest BCUT2D eigenvalue weighted by atomic mass is 9.78. The fourth-order valence-corrected chi connectivity index (χ4v) is 4.14. The van der Waals surface area contributed by atoms with Crippen LogP contribution in [0.4, 0.5) is 13.2 Å². The predicted octanol–water partition coefficient (Wildman–Crippen LogP) is 7.38. The maximum absolute atomic E-state index is 15.0. The first-order valence-corrected chi connectivity index (χ1v) is 9.37. The molecule has 0 N–H and O–H groups in total. The first-order valence-electron chi connectivity index (χ1n) is 9.37. The van der Waals surface area contributed by atoms with Crippen LogP contribution in [0.2, 0.25) is 0 Å². The minimum atomic E-state index is -0.975. The Labute approximate surface area is 157 Å². The summed E-state index contributed by atoms with van der Waals surface area (Å²) in [6.07, 6.45) is 6.59. The monoisotopic (exact) mass is 366 g/mol. The van der Waals surface area contributed by atoms with Gasteiger partial charge in [0.2, 0.25) is 0 Å². The van der Waals surface area contributed by atoms with E-state index in [2.05, 4.69) is 12.6 Å². The molecular weight excluding hydrogens is 345 g/mol. The first kappa shape index (κ1) is 17.8. The SMILES string of the molecule is C=CC1CCC(c2ccc3c(F)c(-c4ccc(F)c(F)c4)ccc3c2)CC1. The summed E-state index contributed by atoms with van der Waals surface area (Å²) >= 11 is 0. The molecule has 0 bridgehead atoms. The van der Waals surface area contributed by atoms with Crippen molar-refractivity contribution in [1.82, 2.24) is 0 Å². The molecule has 27 heavy (non-hydrogen) atoms. The molecule has 0 saturated heterocycles. The summed E-state index contributed by atoms with van der Waals surface area (Å²) in [5, 5.41) is 1.34. The van der Waals surface area contributed by atoms with Crippen molar-refractivity contribution in [2.45, 2.75) is 31.6 Å². The van der Waals surface area contributed by atoms with Gasteiger partial charge >= 0.3 is 0 Å². The highest BCUT2D eigenvalue weighted by molar-refractivity contribution is 5.88. The third-order valence-corrected chi connectivity index (χ3v) is 5.79. The highest BCUT2D eigenvalue weighted by atomic mass is 19.2. The average molecular weight is 366 g/mol. The van der Waals surface area contributed by atoms with Gasteiger partial charge in [-0.25, -0.2) is 13.2 Å². The predicted molar refractivity (Wildman–Crippen MR) is 104 cm³/mol. The topological polar surface area (TPSA) is 0 Å². The molecule has 4 rings (SSSR count). The lowest BCUT2D eigenvalue weighted by Crippen LogP contribution is -2.11. The molecular formula is C24H21F3. The number of fused-ring (bicyclic) bond motifs is 1. The van der Waals surface area contributed by atoms with Crippen molar-refractivity contribution >= 4 is 10.8 Å². The largest absolute Gasteiger partial charge is 0.206 e. The van der Waals surface area contributed by atoms with Gasteiger partial charge in [-0.3, -0.25) is 0 Å². The number of rotatable bonds is 3. The van der Waals surface area contributed by atoms with Gasteiger partial charge in [0.1, 0.15) is 5.82 Å². The fraction of sp³-hybridized carbons (Fsp3) is 0.250. The summed E-state index contributed by atoms with van der Waals surface area (Å²) in [7, 11) is 0. The zero-order chi connectivity index (χ0) is 19.0. The molecule has 0 spiro atoms. The molecule has 3 aromatic rings. The maximum atomic E-state index is 15.0. The molecule has 1 aliphatic rings. The summed E-state index contributed by atoms with van der Waals surface area (Å²) < 4.78 is 41.7. The van der Waals surface area contributed by atoms with Crippen LogP contribution in [0.3, 0.4) is 0 Å². The van der Waals surface area contributed by atoms with E-state index >= 15 is 4.39 Å². The average Bonchev–Trinajstić information content (AvgIpc) is 2.70. The molecule has 0 unspecified atom stereocenters. The lowest BCUT2D eigenvalue weighted by Gasteiger charge is -2.27. The summed E-state index contributed by atoms with van der Waals surface area (Å²) in [6.45, 7) is 3.89. The minimum absolute atomic E-state index is 0.278. The van der Waals surface area contributed by atoms with Crippen LogP contribution in [-0.4, -0.2) is 0 Å². The molecule has 0 heterocycles. The van der Waals surface area contributed by atoms with E-state index in [9.17, 15) is 8.78 Å². The summed E-state index contributed by atoms with van der Waals surface area (Å²) in [6, 6.07) is 12.8. The van der Waals surface area contributed by atoms with E-state index < -0.39 is 17.5 Å². The van der Waals surface area contributed by atoms with E-state index in [4.69, 9.17) is 0 Å². The van der Waals surface area contributed by atoms with Crippen LogP contribution in [0.15, 0.2) is 61.2 Å². The second kappa shape index (κ2) is 7.22. The molecule has 0 atom stereocenters. The van der Waals surface area contributed by atoms with E-state index in [1.54, 1.807) is 6.07 Å². The van der Waals surface area contributed by atoms with E-state index in [1.807, 2.05) is 24.3 Å². The van der Waals surface area contributed by atoms with Crippen molar-refractivity contribution in [2.24, 2.45) is 5.92 Å². The van der Waals surface area contributed by atoms with Crippen LogP contribution >= 0.6 is 0 Å². The van der Waals surface area contributed by atoms with Crippen LogP contribution in [-0.2, 0) is 0 Å². The molecule has 3 aromatic carbocycles. The molecule has 0 aliphatic heterocycles. The van der Waals surface area contributed by atoms with Crippen molar-refractivity contribution in [3.63, 3.8) is 0 Å². The van der Waals surface area contributed by atoms with E-state index in [-0.39, 0.29) is 5.56 Å². The number of benzene rings is 3. The zero-order valence-electron chi connectivity index (χ0n) is 15.0. The Morgan fingerprint density at radius 2 is 1.59 bits per heavy atom. The Hall–Kier alpha value is -2.55. The Balaban J connectivity index is 1.68. The van der Waals surface area contributed by atoms with Crippen LogP contribution < -0.4 is 0 Å². The van der Waals surface area contributed by atoms with E-state index in [0.29, 0.717) is 22.8 Å². The molecule has 1 fully saturated rings. The van der Waals surface area contributed by atoms with Crippen molar-refractivity contribution in [1.29, 1.82) is 0 Å².